The molecular weight excluding hydrogens is 266 g/mol. The predicted molar refractivity (Wildman–Crippen MR) is 82.3 cm³/mol. The molecule has 0 radical (unpaired) electrons. The van der Waals surface area contributed by atoms with Crippen LogP contribution >= 0.6 is 0 Å². The lowest BCUT2D eigenvalue weighted by Crippen LogP contribution is -2.33. The average molecular weight is 289 g/mol. The first kappa shape index (κ1) is 15.9. The molecule has 1 aliphatic carbocycles. The fourth-order valence-electron chi connectivity index (χ4n) is 2.51. The molecule has 114 valence electrons. The number of ether oxygens (including phenoxy) is 1. The molecule has 0 saturated heterocycles. The number of benzene rings is 1. The van der Waals surface area contributed by atoms with E-state index in [1.807, 2.05) is 43.3 Å². The van der Waals surface area contributed by atoms with E-state index in [1.165, 1.54) is 0 Å². The van der Waals surface area contributed by atoms with Gasteiger partial charge < -0.3 is 20.7 Å². The Kier molecular flexibility index (Phi) is 5.31. The maximum Gasteiger partial charge on any atom is 0.189 e. The minimum absolute atomic E-state index is 0.0759. The minimum atomic E-state index is -1.31. The van der Waals surface area contributed by atoms with Crippen molar-refractivity contribution in [2.24, 2.45) is 5.73 Å². The number of hydrogen-bond acceptors (Lipinski definition) is 4. The molecule has 4 nitrogen and oxygen atoms in total. The normalized spacial score (nSPS) is 23.4. The van der Waals surface area contributed by atoms with Gasteiger partial charge in [0.25, 0.3) is 0 Å². The predicted octanol–water partition coefficient (Wildman–Crippen LogP) is 1.88. The van der Waals surface area contributed by atoms with Gasteiger partial charge in [0, 0.05) is 12.5 Å². The van der Waals surface area contributed by atoms with Crippen molar-refractivity contribution in [1.82, 2.24) is 0 Å². The Morgan fingerprint density at radius 3 is 2.71 bits per heavy atom. The molecule has 4 heteroatoms. The number of aliphatic hydroxyl groups excluding tert-OH is 1. The summed E-state index contributed by atoms with van der Waals surface area (Å²) in [6, 6.07) is 9.42. The van der Waals surface area contributed by atoms with Gasteiger partial charge in [0.05, 0.1) is 13.2 Å². The van der Waals surface area contributed by atoms with Crippen LogP contribution in [0.2, 0.25) is 0 Å². The highest BCUT2D eigenvalue weighted by Gasteiger charge is 2.29. The van der Waals surface area contributed by atoms with E-state index in [0.29, 0.717) is 19.4 Å². The molecule has 1 aliphatic rings. The molecule has 1 aromatic carbocycles. The molecule has 1 unspecified atom stereocenters. The first-order valence-electron chi connectivity index (χ1n) is 7.16. The third kappa shape index (κ3) is 4.79. The number of nitrogens with two attached hydrogens (primary N) is 1. The lowest BCUT2D eigenvalue weighted by molar-refractivity contribution is -0.174. The molecule has 0 aromatic heterocycles. The topological polar surface area (TPSA) is 75.7 Å². The molecular formula is C17H23NO3. The van der Waals surface area contributed by atoms with Crippen LogP contribution in [0.15, 0.2) is 53.6 Å². The van der Waals surface area contributed by atoms with Crippen LogP contribution in [0, 0.1) is 0 Å². The summed E-state index contributed by atoms with van der Waals surface area (Å²) in [7, 11) is 0. The number of rotatable bonds is 6. The van der Waals surface area contributed by atoms with Crippen molar-refractivity contribution in [1.29, 1.82) is 0 Å². The smallest absolute Gasteiger partial charge is 0.189 e. The summed E-state index contributed by atoms with van der Waals surface area (Å²) < 4.78 is 5.71. The first-order chi connectivity index (χ1) is 10.0. The molecule has 0 bridgehead atoms. The van der Waals surface area contributed by atoms with Gasteiger partial charge >= 0.3 is 0 Å². The van der Waals surface area contributed by atoms with Crippen molar-refractivity contribution in [3.8, 4) is 0 Å². The molecule has 21 heavy (non-hydrogen) atoms. The number of aliphatic hydroxyl groups is 2. The van der Waals surface area contributed by atoms with Crippen LogP contribution in [0.1, 0.15) is 25.3 Å². The first-order valence-corrected chi connectivity index (χ1v) is 7.16. The average Bonchev–Trinajstić information content (AvgIpc) is 2.45. The van der Waals surface area contributed by atoms with Gasteiger partial charge in [-0.15, -0.1) is 0 Å². The van der Waals surface area contributed by atoms with Crippen LogP contribution in [0.25, 0.3) is 0 Å². The summed E-state index contributed by atoms with van der Waals surface area (Å²) in [5.74, 6) is -1.31. The molecule has 2 atom stereocenters. The largest absolute Gasteiger partial charge is 0.395 e. The fourth-order valence-corrected chi connectivity index (χ4v) is 2.51. The maximum absolute atomic E-state index is 10.6. The van der Waals surface area contributed by atoms with Gasteiger partial charge in [0.1, 0.15) is 0 Å². The molecule has 0 aliphatic heterocycles. The molecule has 1 aromatic rings. The molecule has 2 rings (SSSR count). The standard InChI is InChI=1S/C17H23NO3/c1-13-7-15(8-16(18)11-19)10-17(20,9-13)21-12-14-5-3-2-4-6-14/h2-7,10,16,19-20H,8-9,11-12,18H2,1H3/t16?,17-/m0/s1. The summed E-state index contributed by atoms with van der Waals surface area (Å²) in [4.78, 5) is 0. The lowest BCUT2D eigenvalue weighted by atomic mass is 9.92. The van der Waals surface area contributed by atoms with Crippen LogP contribution in [0.5, 0.6) is 0 Å². The van der Waals surface area contributed by atoms with E-state index in [0.717, 1.165) is 16.7 Å². The monoisotopic (exact) mass is 289 g/mol. The van der Waals surface area contributed by atoms with Gasteiger partial charge in [-0.1, -0.05) is 42.0 Å². The van der Waals surface area contributed by atoms with Gasteiger partial charge in [0.2, 0.25) is 0 Å². The fraction of sp³-hybridized carbons (Fsp3) is 0.412. The van der Waals surface area contributed by atoms with Crippen molar-refractivity contribution in [3.05, 3.63) is 59.2 Å². The Morgan fingerprint density at radius 1 is 1.33 bits per heavy atom. The Morgan fingerprint density at radius 2 is 2.05 bits per heavy atom. The van der Waals surface area contributed by atoms with Crippen molar-refractivity contribution in [2.45, 2.75) is 38.2 Å². The van der Waals surface area contributed by atoms with Gasteiger partial charge in [-0.25, -0.2) is 0 Å². The highest BCUT2D eigenvalue weighted by Crippen LogP contribution is 2.30. The Balaban J connectivity index is 2.04. The van der Waals surface area contributed by atoms with E-state index in [4.69, 9.17) is 15.6 Å². The van der Waals surface area contributed by atoms with Gasteiger partial charge in [-0.3, -0.25) is 0 Å². The van der Waals surface area contributed by atoms with Crippen LogP contribution < -0.4 is 5.73 Å². The van der Waals surface area contributed by atoms with Gasteiger partial charge in [-0.05, 0) is 30.6 Å². The third-order valence-electron chi connectivity index (χ3n) is 3.44. The number of hydrogen-bond donors (Lipinski definition) is 3. The second-order valence-electron chi connectivity index (χ2n) is 5.65. The molecule has 0 saturated carbocycles. The van der Waals surface area contributed by atoms with E-state index < -0.39 is 5.79 Å². The van der Waals surface area contributed by atoms with E-state index >= 15 is 0 Å². The van der Waals surface area contributed by atoms with Crippen LogP contribution in [-0.4, -0.2) is 28.6 Å². The van der Waals surface area contributed by atoms with Crippen molar-refractivity contribution >= 4 is 0 Å². The Bertz CT molecular complexity index is 524. The van der Waals surface area contributed by atoms with E-state index in [-0.39, 0.29) is 12.6 Å². The second kappa shape index (κ2) is 7.00. The quantitative estimate of drug-likeness (QED) is 0.699. The minimum Gasteiger partial charge on any atom is -0.395 e. The molecule has 0 heterocycles. The number of allylic oxidation sites excluding steroid dienone is 1. The summed E-state index contributed by atoms with van der Waals surface area (Å²) in [5.41, 5.74) is 8.71. The highest BCUT2D eigenvalue weighted by atomic mass is 16.6. The lowest BCUT2D eigenvalue weighted by Gasteiger charge is -2.30. The molecule has 0 fully saturated rings. The summed E-state index contributed by atoms with van der Waals surface area (Å²) >= 11 is 0. The van der Waals surface area contributed by atoms with E-state index in [1.54, 1.807) is 6.08 Å². The molecule has 0 spiro atoms. The SMILES string of the molecule is CC1=CC(CC(N)CO)=C[C@@](O)(OCc2ccccc2)C1. The third-order valence-corrected chi connectivity index (χ3v) is 3.44. The van der Waals surface area contributed by atoms with Crippen LogP contribution in [0.3, 0.4) is 0 Å². The molecule has 0 amide bonds. The zero-order valence-electron chi connectivity index (χ0n) is 12.3. The van der Waals surface area contributed by atoms with Gasteiger partial charge in [0.15, 0.2) is 5.79 Å². The van der Waals surface area contributed by atoms with E-state index in [9.17, 15) is 5.11 Å². The molecule has 4 N–H and O–H groups in total. The highest BCUT2D eigenvalue weighted by molar-refractivity contribution is 5.32. The van der Waals surface area contributed by atoms with Crippen molar-refractivity contribution < 1.29 is 14.9 Å². The maximum atomic E-state index is 10.6. The zero-order chi connectivity index (χ0) is 15.3. The zero-order valence-corrected chi connectivity index (χ0v) is 12.3. The Labute approximate surface area is 125 Å². The van der Waals surface area contributed by atoms with Crippen molar-refractivity contribution in [3.63, 3.8) is 0 Å². The summed E-state index contributed by atoms with van der Waals surface area (Å²) in [6.07, 6.45) is 4.66. The second-order valence-corrected chi connectivity index (χ2v) is 5.65. The van der Waals surface area contributed by atoms with E-state index in [2.05, 4.69) is 0 Å². The summed E-state index contributed by atoms with van der Waals surface area (Å²) in [5, 5.41) is 19.7. The van der Waals surface area contributed by atoms with Crippen molar-refractivity contribution in [2.75, 3.05) is 6.61 Å². The van der Waals surface area contributed by atoms with Crippen LogP contribution in [0.4, 0.5) is 0 Å². The van der Waals surface area contributed by atoms with Gasteiger partial charge in [-0.2, -0.15) is 0 Å². The Hall–Kier alpha value is -1.46. The van der Waals surface area contributed by atoms with Crippen LogP contribution in [-0.2, 0) is 11.3 Å². The summed E-state index contributed by atoms with van der Waals surface area (Å²) in [6.45, 7) is 2.22.